The van der Waals surface area contributed by atoms with Crippen molar-refractivity contribution in [2.45, 2.75) is 17.3 Å². The Morgan fingerprint density at radius 1 is 1.22 bits per heavy atom. The van der Waals surface area contributed by atoms with Gasteiger partial charge in [0.2, 0.25) is 5.91 Å². The summed E-state index contributed by atoms with van der Waals surface area (Å²) in [6.07, 6.45) is 0.152. The van der Waals surface area contributed by atoms with E-state index < -0.39 is 0 Å². The normalized spacial score (nSPS) is 10.6. The highest BCUT2D eigenvalue weighted by atomic mass is 79.9. The van der Waals surface area contributed by atoms with Crippen LogP contribution in [0.4, 0.5) is 5.69 Å². The summed E-state index contributed by atoms with van der Waals surface area (Å²) < 4.78 is 8.07. The van der Waals surface area contributed by atoms with Crippen LogP contribution in [0.15, 0.2) is 58.2 Å². The van der Waals surface area contributed by atoms with Crippen LogP contribution in [0, 0.1) is 0 Å². The highest BCUT2D eigenvalue weighted by Crippen LogP contribution is 2.22. The summed E-state index contributed by atoms with van der Waals surface area (Å²) in [5.74, 6) is 1.95. The van der Waals surface area contributed by atoms with Gasteiger partial charge in [0, 0.05) is 29.0 Å². The number of thioether (sulfide) groups is 1. The number of nitrogens with one attached hydrogen (secondary N) is 1. The Kier molecular flexibility index (Phi) is 6.52. The maximum absolute atomic E-state index is 12.3. The number of amides is 1. The van der Waals surface area contributed by atoms with Crippen molar-refractivity contribution in [3.05, 3.63) is 64.4 Å². The largest absolute Gasteiger partial charge is 0.497 e. The molecule has 6 nitrogen and oxygen atoms in total. The first-order valence-electron chi connectivity index (χ1n) is 8.24. The van der Waals surface area contributed by atoms with E-state index in [1.165, 1.54) is 5.56 Å². The summed E-state index contributed by atoms with van der Waals surface area (Å²) in [5.41, 5.74) is 1.88. The fourth-order valence-corrected chi connectivity index (χ4v) is 3.55. The number of anilines is 1. The van der Waals surface area contributed by atoms with Gasteiger partial charge in [0.15, 0.2) is 5.16 Å². The van der Waals surface area contributed by atoms with Crippen molar-refractivity contribution in [1.29, 1.82) is 0 Å². The van der Waals surface area contributed by atoms with Gasteiger partial charge in [-0.2, -0.15) is 0 Å². The number of hydrogen-bond donors (Lipinski definition) is 1. The lowest BCUT2D eigenvalue weighted by Gasteiger charge is -2.07. The minimum atomic E-state index is -0.150. The number of carbonyl (C=O) groups excluding carboxylic acids is 1. The molecule has 3 rings (SSSR count). The fourth-order valence-electron chi connectivity index (χ4n) is 2.40. The maximum atomic E-state index is 12.3. The molecule has 0 bridgehead atoms. The third kappa shape index (κ3) is 5.33. The van der Waals surface area contributed by atoms with Gasteiger partial charge in [-0.25, -0.2) is 0 Å². The number of hydrogen-bond acceptors (Lipinski definition) is 5. The van der Waals surface area contributed by atoms with Crippen LogP contribution in [-0.4, -0.2) is 27.8 Å². The second-order valence-electron chi connectivity index (χ2n) is 5.83. The zero-order valence-corrected chi connectivity index (χ0v) is 17.4. The van der Waals surface area contributed by atoms with Gasteiger partial charge >= 0.3 is 0 Å². The first-order valence-corrected chi connectivity index (χ1v) is 10.0. The number of benzene rings is 2. The molecule has 0 aliphatic heterocycles. The lowest BCUT2D eigenvalue weighted by molar-refractivity contribution is -0.115. The molecule has 0 radical (unpaired) electrons. The van der Waals surface area contributed by atoms with Gasteiger partial charge in [-0.05, 0) is 29.8 Å². The number of nitrogens with zero attached hydrogens (tertiary/aromatic N) is 3. The van der Waals surface area contributed by atoms with E-state index in [2.05, 4.69) is 43.6 Å². The zero-order valence-electron chi connectivity index (χ0n) is 15.0. The molecule has 0 atom stereocenters. The summed E-state index contributed by atoms with van der Waals surface area (Å²) in [7, 11) is 3.46. The number of halogens is 1. The minimum absolute atomic E-state index is 0.150. The van der Waals surface area contributed by atoms with Gasteiger partial charge in [-0.3, -0.25) is 4.79 Å². The molecule has 0 spiro atoms. The van der Waals surface area contributed by atoms with Crippen LogP contribution in [-0.2, 0) is 24.0 Å². The van der Waals surface area contributed by atoms with Crippen LogP contribution in [0.1, 0.15) is 11.4 Å². The molecule has 0 saturated heterocycles. The molecule has 1 amide bonds. The third-order valence-electron chi connectivity index (χ3n) is 3.88. The predicted molar refractivity (Wildman–Crippen MR) is 110 cm³/mol. The molecule has 1 heterocycles. The van der Waals surface area contributed by atoms with Gasteiger partial charge in [0.05, 0.1) is 13.5 Å². The van der Waals surface area contributed by atoms with Crippen molar-refractivity contribution in [3.63, 3.8) is 0 Å². The summed E-state index contributed by atoms with van der Waals surface area (Å²) in [6, 6.07) is 15.4. The second-order valence-corrected chi connectivity index (χ2v) is 7.69. The number of methoxy groups -OCH3 is 1. The van der Waals surface area contributed by atoms with Gasteiger partial charge in [-0.15, -0.1) is 10.2 Å². The molecule has 8 heteroatoms. The van der Waals surface area contributed by atoms with Crippen molar-refractivity contribution in [3.8, 4) is 5.75 Å². The molecule has 1 N–H and O–H groups in total. The Bertz CT molecular complexity index is 928. The topological polar surface area (TPSA) is 69.0 Å². The number of rotatable bonds is 7. The first-order chi connectivity index (χ1) is 13.0. The summed E-state index contributed by atoms with van der Waals surface area (Å²) in [4.78, 5) is 12.3. The van der Waals surface area contributed by atoms with Crippen LogP contribution in [0.5, 0.6) is 5.75 Å². The molecule has 0 aliphatic rings. The number of aromatic nitrogens is 3. The number of ether oxygens (including phenoxy) is 1. The lowest BCUT2D eigenvalue weighted by atomic mass is 10.2. The maximum Gasteiger partial charge on any atom is 0.232 e. The summed E-state index contributed by atoms with van der Waals surface area (Å²) in [6.45, 7) is 0. The van der Waals surface area contributed by atoms with Gasteiger partial charge < -0.3 is 14.6 Å². The van der Waals surface area contributed by atoms with E-state index in [1.54, 1.807) is 24.9 Å². The van der Waals surface area contributed by atoms with E-state index in [4.69, 9.17) is 4.74 Å². The van der Waals surface area contributed by atoms with E-state index >= 15 is 0 Å². The molecule has 0 aliphatic carbocycles. The Morgan fingerprint density at radius 3 is 2.74 bits per heavy atom. The van der Waals surface area contributed by atoms with Crippen molar-refractivity contribution < 1.29 is 9.53 Å². The van der Waals surface area contributed by atoms with Gasteiger partial charge in [0.25, 0.3) is 0 Å². The van der Waals surface area contributed by atoms with E-state index in [0.717, 1.165) is 15.4 Å². The van der Waals surface area contributed by atoms with Crippen LogP contribution in [0.2, 0.25) is 0 Å². The van der Waals surface area contributed by atoms with Crippen molar-refractivity contribution in [1.82, 2.24) is 14.8 Å². The summed E-state index contributed by atoms with van der Waals surface area (Å²) >= 11 is 5.02. The lowest BCUT2D eigenvalue weighted by Crippen LogP contribution is -2.17. The van der Waals surface area contributed by atoms with Crippen LogP contribution >= 0.6 is 27.7 Å². The fraction of sp³-hybridized carbons (Fsp3) is 0.211. The Labute approximate surface area is 170 Å². The molecule has 2 aromatic carbocycles. The SMILES string of the molecule is COc1cccc(NC(=O)Cc2nnc(SCc3ccc(Br)cc3)n2C)c1. The molecule has 0 fully saturated rings. The summed E-state index contributed by atoms with van der Waals surface area (Å²) in [5, 5.41) is 12.0. The van der Waals surface area contributed by atoms with E-state index in [-0.39, 0.29) is 12.3 Å². The van der Waals surface area contributed by atoms with E-state index in [9.17, 15) is 4.79 Å². The molecular formula is C19H19BrN4O2S. The first kappa shape index (κ1) is 19.4. The monoisotopic (exact) mass is 446 g/mol. The second kappa shape index (κ2) is 9.05. The van der Waals surface area contributed by atoms with Crippen LogP contribution in [0.3, 0.4) is 0 Å². The van der Waals surface area contributed by atoms with Crippen molar-refractivity contribution in [2.24, 2.45) is 7.05 Å². The minimum Gasteiger partial charge on any atom is -0.497 e. The average molecular weight is 447 g/mol. The molecule has 1 aromatic heterocycles. The number of carbonyl (C=O) groups is 1. The van der Waals surface area contributed by atoms with Crippen LogP contribution < -0.4 is 10.1 Å². The quantitative estimate of drug-likeness (QED) is 0.554. The molecule has 3 aromatic rings. The Balaban J connectivity index is 1.59. The standard InChI is InChI=1S/C19H19BrN4O2S/c1-24-17(11-18(25)21-15-4-3-5-16(10-15)26-2)22-23-19(24)27-12-13-6-8-14(20)9-7-13/h3-10H,11-12H2,1-2H3,(H,21,25). The molecule has 140 valence electrons. The van der Waals surface area contributed by atoms with Crippen molar-refractivity contribution in [2.75, 3.05) is 12.4 Å². The highest BCUT2D eigenvalue weighted by Gasteiger charge is 2.13. The van der Waals surface area contributed by atoms with Crippen molar-refractivity contribution >= 4 is 39.3 Å². The van der Waals surface area contributed by atoms with Gasteiger partial charge in [0.1, 0.15) is 11.6 Å². The Morgan fingerprint density at radius 2 is 2.00 bits per heavy atom. The van der Waals surface area contributed by atoms with E-state index in [1.807, 2.05) is 41.9 Å². The predicted octanol–water partition coefficient (Wildman–Crippen LogP) is 4.06. The highest BCUT2D eigenvalue weighted by molar-refractivity contribution is 9.10. The van der Waals surface area contributed by atoms with Gasteiger partial charge in [-0.1, -0.05) is 45.9 Å². The smallest absolute Gasteiger partial charge is 0.232 e. The molecular weight excluding hydrogens is 428 g/mol. The Hall–Kier alpha value is -2.32. The molecule has 0 unspecified atom stereocenters. The van der Waals surface area contributed by atoms with Crippen LogP contribution in [0.25, 0.3) is 0 Å². The average Bonchev–Trinajstić information content (AvgIpc) is 3.01. The third-order valence-corrected chi connectivity index (χ3v) is 5.50. The zero-order chi connectivity index (χ0) is 19.2. The molecule has 27 heavy (non-hydrogen) atoms. The molecule has 0 saturated carbocycles. The van der Waals surface area contributed by atoms with E-state index in [0.29, 0.717) is 17.3 Å².